The number of benzene rings is 2. The molecule has 3 rings (SSSR count). The van der Waals surface area contributed by atoms with Gasteiger partial charge in [0.15, 0.2) is 0 Å². The van der Waals surface area contributed by atoms with Gasteiger partial charge in [-0.15, -0.1) is 0 Å². The molecule has 0 bridgehead atoms. The molecule has 29 heavy (non-hydrogen) atoms. The second-order valence-corrected chi connectivity index (χ2v) is 8.12. The van der Waals surface area contributed by atoms with Gasteiger partial charge < -0.3 is 0 Å². The molecule has 0 radical (unpaired) electrons. The number of sulfonamides is 1. The molecule has 0 aliphatic heterocycles. The zero-order valence-electron chi connectivity index (χ0n) is 15.8. The monoisotopic (exact) mass is 411 g/mol. The predicted octanol–water partition coefficient (Wildman–Crippen LogP) is 2.84. The summed E-state index contributed by atoms with van der Waals surface area (Å²) in [5, 5.41) is 15.1. The largest absolute Gasteiger partial charge is 0.286 e. The molecular weight excluding hydrogens is 390 g/mol. The minimum absolute atomic E-state index is 0.0148. The lowest BCUT2D eigenvalue weighted by Crippen LogP contribution is -2.22. The van der Waals surface area contributed by atoms with E-state index in [-0.39, 0.29) is 11.3 Å². The minimum Gasteiger partial charge on any atom is -0.286 e. The van der Waals surface area contributed by atoms with Crippen molar-refractivity contribution in [3.05, 3.63) is 72.3 Å². The van der Waals surface area contributed by atoms with Gasteiger partial charge in [0.05, 0.1) is 16.3 Å². The summed E-state index contributed by atoms with van der Waals surface area (Å²) in [6.07, 6.45) is 0.419. The van der Waals surface area contributed by atoms with E-state index in [1.807, 2.05) is 42.5 Å². The van der Waals surface area contributed by atoms with Crippen molar-refractivity contribution >= 4 is 15.9 Å². The van der Waals surface area contributed by atoms with Gasteiger partial charge in [0, 0.05) is 24.6 Å². The van der Waals surface area contributed by atoms with E-state index in [2.05, 4.69) is 0 Å². The van der Waals surface area contributed by atoms with E-state index in [0.29, 0.717) is 22.7 Å². The molecule has 1 aromatic heterocycles. The molecule has 1 heterocycles. The van der Waals surface area contributed by atoms with Crippen LogP contribution in [-0.2, 0) is 21.2 Å². The number of hydrogen-bond acceptors (Lipinski definition) is 5. The first-order chi connectivity index (χ1) is 13.8. The first kappa shape index (κ1) is 20.7. The summed E-state index contributed by atoms with van der Waals surface area (Å²) in [5.41, 5.74) is 3.52. The number of hydroxylamine groups is 2. The average molecular weight is 411 g/mol. The van der Waals surface area contributed by atoms with Crippen LogP contribution >= 0.6 is 0 Å². The van der Waals surface area contributed by atoms with Crippen molar-refractivity contribution in [3.8, 4) is 22.5 Å². The Kier molecular flexibility index (Phi) is 6.07. The molecule has 8 heteroatoms. The fourth-order valence-electron chi connectivity index (χ4n) is 2.93. The number of carbonyl (C=O) groups excluding carboxylic acids is 1. The summed E-state index contributed by atoms with van der Waals surface area (Å²) in [5.74, 6) is -0.429. The minimum atomic E-state index is -3.87. The molecule has 0 atom stereocenters. The maximum absolute atomic E-state index is 11.8. The molecule has 0 aliphatic carbocycles. The average Bonchev–Trinajstić information content (AvgIpc) is 2.72. The maximum Gasteiger partial charge on any atom is 0.245 e. The highest BCUT2D eigenvalue weighted by molar-refractivity contribution is 7.89. The van der Waals surface area contributed by atoms with Crippen LogP contribution in [-0.4, -0.2) is 36.6 Å². The number of aromatic nitrogens is 1. The van der Waals surface area contributed by atoms with Crippen LogP contribution in [0.15, 0.2) is 71.6 Å². The number of amides is 1. The molecule has 150 valence electrons. The van der Waals surface area contributed by atoms with Crippen LogP contribution in [0.4, 0.5) is 0 Å². The number of nitrogens with zero attached hydrogens (tertiary/aromatic N) is 2. The molecule has 0 saturated heterocycles. The van der Waals surface area contributed by atoms with E-state index in [9.17, 15) is 18.4 Å². The standard InChI is InChI=1S/C21H21N3O4S/c1-24(26)20(25)13-11-16-10-12-19(15-6-3-2-4-7-15)23-21(16)17-8-5-9-18(14-17)29(22,27)28/h2-10,12,14,26H,11,13H2,1H3,(H2,22,27,28). The van der Waals surface area contributed by atoms with Gasteiger partial charge in [-0.05, 0) is 30.2 Å². The first-order valence-electron chi connectivity index (χ1n) is 8.90. The number of pyridine rings is 1. The highest BCUT2D eigenvalue weighted by atomic mass is 32.2. The topological polar surface area (TPSA) is 114 Å². The lowest BCUT2D eigenvalue weighted by Gasteiger charge is -2.13. The van der Waals surface area contributed by atoms with Crippen LogP contribution in [0, 0.1) is 0 Å². The molecule has 2 aromatic carbocycles. The predicted molar refractivity (Wildman–Crippen MR) is 109 cm³/mol. The third kappa shape index (κ3) is 5.05. The van der Waals surface area contributed by atoms with Crippen LogP contribution in [0.2, 0.25) is 0 Å². The quantitative estimate of drug-likeness (QED) is 0.478. The van der Waals surface area contributed by atoms with Gasteiger partial charge in [0.2, 0.25) is 15.9 Å². The van der Waals surface area contributed by atoms with Crippen molar-refractivity contribution in [1.82, 2.24) is 10.0 Å². The van der Waals surface area contributed by atoms with E-state index in [0.717, 1.165) is 16.8 Å². The van der Waals surface area contributed by atoms with Crippen LogP contribution in [0.5, 0.6) is 0 Å². The fourth-order valence-corrected chi connectivity index (χ4v) is 3.49. The lowest BCUT2D eigenvalue weighted by molar-refractivity contribution is -0.159. The normalized spacial score (nSPS) is 11.3. The van der Waals surface area contributed by atoms with Crippen molar-refractivity contribution in [2.45, 2.75) is 17.7 Å². The van der Waals surface area contributed by atoms with Crippen LogP contribution in [0.1, 0.15) is 12.0 Å². The first-order valence-corrected chi connectivity index (χ1v) is 10.4. The number of hydrogen-bond donors (Lipinski definition) is 2. The third-order valence-corrected chi connectivity index (χ3v) is 5.36. The smallest absolute Gasteiger partial charge is 0.245 e. The second kappa shape index (κ2) is 8.52. The highest BCUT2D eigenvalue weighted by Gasteiger charge is 2.15. The molecule has 0 unspecified atom stereocenters. The van der Waals surface area contributed by atoms with Gasteiger partial charge in [-0.2, -0.15) is 0 Å². The van der Waals surface area contributed by atoms with Gasteiger partial charge in [0.25, 0.3) is 0 Å². The van der Waals surface area contributed by atoms with Gasteiger partial charge >= 0.3 is 0 Å². The molecule has 0 spiro atoms. The summed E-state index contributed by atoms with van der Waals surface area (Å²) < 4.78 is 23.5. The maximum atomic E-state index is 11.8. The van der Waals surface area contributed by atoms with Crippen molar-refractivity contribution in [2.75, 3.05) is 7.05 Å². The Bertz CT molecular complexity index is 1130. The van der Waals surface area contributed by atoms with Crippen molar-refractivity contribution in [2.24, 2.45) is 5.14 Å². The third-order valence-electron chi connectivity index (χ3n) is 4.45. The number of nitrogens with two attached hydrogens (primary N) is 1. The molecule has 3 aromatic rings. The van der Waals surface area contributed by atoms with Crippen LogP contribution in [0.25, 0.3) is 22.5 Å². The molecule has 3 N–H and O–H groups in total. The summed E-state index contributed by atoms with van der Waals surface area (Å²) in [7, 11) is -2.59. The molecule has 0 saturated carbocycles. The van der Waals surface area contributed by atoms with Gasteiger partial charge in [-0.1, -0.05) is 48.5 Å². The van der Waals surface area contributed by atoms with E-state index in [4.69, 9.17) is 10.1 Å². The van der Waals surface area contributed by atoms with Gasteiger partial charge in [-0.3, -0.25) is 10.0 Å². The number of aryl methyl sites for hydroxylation is 1. The van der Waals surface area contributed by atoms with Crippen LogP contribution < -0.4 is 5.14 Å². The Morgan fingerprint density at radius 3 is 2.38 bits per heavy atom. The Morgan fingerprint density at radius 1 is 1.03 bits per heavy atom. The Hall–Kier alpha value is -3.07. The number of carbonyl (C=O) groups is 1. The lowest BCUT2D eigenvalue weighted by atomic mass is 10.00. The van der Waals surface area contributed by atoms with E-state index in [1.165, 1.54) is 19.2 Å². The summed E-state index contributed by atoms with van der Waals surface area (Å²) >= 11 is 0. The molecule has 1 amide bonds. The van der Waals surface area contributed by atoms with E-state index in [1.54, 1.807) is 12.1 Å². The Morgan fingerprint density at radius 2 is 1.72 bits per heavy atom. The zero-order valence-corrected chi connectivity index (χ0v) is 16.6. The van der Waals surface area contributed by atoms with Gasteiger partial charge in [-0.25, -0.2) is 23.6 Å². The van der Waals surface area contributed by atoms with E-state index >= 15 is 0 Å². The Labute approximate surface area is 169 Å². The molecule has 7 nitrogen and oxygen atoms in total. The van der Waals surface area contributed by atoms with Crippen molar-refractivity contribution in [1.29, 1.82) is 0 Å². The van der Waals surface area contributed by atoms with Crippen molar-refractivity contribution in [3.63, 3.8) is 0 Å². The molecular formula is C21H21N3O4S. The number of primary sulfonamides is 1. The SMILES string of the molecule is CN(O)C(=O)CCc1ccc(-c2ccccc2)nc1-c1cccc(S(N)(=O)=O)c1. The Balaban J connectivity index is 2.09. The van der Waals surface area contributed by atoms with E-state index < -0.39 is 15.9 Å². The van der Waals surface area contributed by atoms with Gasteiger partial charge in [0.1, 0.15) is 0 Å². The van der Waals surface area contributed by atoms with Crippen LogP contribution in [0.3, 0.4) is 0 Å². The second-order valence-electron chi connectivity index (χ2n) is 6.56. The number of rotatable bonds is 6. The van der Waals surface area contributed by atoms with Crippen molar-refractivity contribution < 1.29 is 18.4 Å². The highest BCUT2D eigenvalue weighted by Crippen LogP contribution is 2.28. The molecule has 0 aliphatic rings. The summed E-state index contributed by atoms with van der Waals surface area (Å²) in [6.45, 7) is 0. The summed E-state index contributed by atoms with van der Waals surface area (Å²) in [4.78, 5) is 16.5. The zero-order chi connectivity index (χ0) is 21.0. The fraction of sp³-hybridized carbons (Fsp3) is 0.143. The molecule has 0 fully saturated rings. The summed E-state index contributed by atoms with van der Waals surface area (Å²) in [6, 6.07) is 19.5.